The van der Waals surface area contributed by atoms with Gasteiger partial charge in [0.05, 0.1) is 6.61 Å². The van der Waals surface area contributed by atoms with Gasteiger partial charge in [0.25, 0.3) is 0 Å². The van der Waals surface area contributed by atoms with E-state index in [0.29, 0.717) is 25.6 Å². The predicted octanol–water partition coefficient (Wildman–Crippen LogP) is 1.24. The highest BCUT2D eigenvalue weighted by Gasteiger charge is 2.24. The highest BCUT2D eigenvalue weighted by Crippen LogP contribution is 2.39. The fourth-order valence-corrected chi connectivity index (χ4v) is 1.51. The van der Waals surface area contributed by atoms with E-state index in [-0.39, 0.29) is 6.10 Å². The molecule has 0 aliphatic carbocycles. The molecule has 0 aromatic heterocycles. The highest BCUT2D eigenvalue weighted by atomic mass is 16.6. The van der Waals surface area contributed by atoms with Crippen LogP contribution in [0.2, 0.25) is 0 Å². The largest absolute Gasteiger partial charge is 0.487 e. The Morgan fingerprint density at radius 1 is 1.27 bits per heavy atom. The Balaban J connectivity index is 1.79. The second-order valence-electron chi connectivity index (χ2n) is 3.55. The van der Waals surface area contributed by atoms with Crippen LogP contribution in [-0.4, -0.2) is 32.5 Å². The number of hydrogen-bond donors (Lipinski definition) is 0. The van der Waals surface area contributed by atoms with Crippen LogP contribution in [0.25, 0.3) is 0 Å². The molecule has 3 rings (SSSR count). The van der Waals surface area contributed by atoms with E-state index in [4.69, 9.17) is 18.9 Å². The minimum absolute atomic E-state index is 0.255. The minimum Gasteiger partial charge on any atom is -0.487 e. The van der Waals surface area contributed by atoms with Crippen LogP contribution >= 0.6 is 0 Å². The predicted molar refractivity (Wildman–Crippen MR) is 52.7 cm³/mol. The van der Waals surface area contributed by atoms with Gasteiger partial charge in [-0.1, -0.05) is 6.07 Å². The van der Waals surface area contributed by atoms with E-state index in [2.05, 4.69) is 0 Å². The van der Waals surface area contributed by atoms with Crippen molar-refractivity contribution in [3.8, 4) is 17.2 Å². The second-order valence-corrected chi connectivity index (χ2v) is 3.55. The molecule has 0 bridgehead atoms. The average Bonchev–Trinajstić information content (AvgIpc) is 3.10. The van der Waals surface area contributed by atoms with Crippen molar-refractivity contribution in [2.45, 2.75) is 6.10 Å². The summed E-state index contributed by atoms with van der Waals surface area (Å²) < 4.78 is 21.6. The molecule has 1 aromatic rings. The molecule has 0 N–H and O–H groups in total. The Bertz CT molecular complexity index is 360. The molecule has 2 heterocycles. The summed E-state index contributed by atoms with van der Waals surface area (Å²) in [4.78, 5) is 0. The van der Waals surface area contributed by atoms with Gasteiger partial charge in [-0.15, -0.1) is 0 Å². The number of ether oxygens (including phenoxy) is 4. The first-order chi connectivity index (χ1) is 7.43. The molecule has 15 heavy (non-hydrogen) atoms. The van der Waals surface area contributed by atoms with Gasteiger partial charge < -0.3 is 18.9 Å². The first-order valence-corrected chi connectivity index (χ1v) is 5.06. The van der Waals surface area contributed by atoms with E-state index in [9.17, 15) is 0 Å². The van der Waals surface area contributed by atoms with Gasteiger partial charge in [-0.05, 0) is 12.1 Å². The lowest BCUT2D eigenvalue weighted by Crippen LogP contribution is -2.16. The molecular formula is C11H12O4. The standard InChI is InChI=1S/C11H12O4/c1-2-9-11(13-5-4-12-9)10(3-1)15-7-8-6-14-8/h1-3,8H,4-7H2. The molecule has 0 spiro atoms. The van der Waals surface area contributed by atoms with E-state index in [0.717, 1.165) is 18.1 Å². The zero-order valence-electron chi connectivity index (χ0n) is 8.27. The maximum absolute atomic E-state index is 5.60. The van der Waals surface area contributed by atoms with Gasteiger partial charge in [0.2, 0.25) is 5.75 Å². The quantitative estimate of drug-likeness (QED) is 0.700. The first kappa shape index (κ1) is 8.85. The van der Waals surface area contributed by atoms with Crippen molar-refractivity contribution in [1.29, 1.82) is 0 Å². The van der Waals surface area contributed by atoms with Gasteiger partial charge in [-0.25, -0.2) is 0 Å². The van der Waals surface area contributed by atoms with Crippen LogP contribution in [0.4, 0.5) is 0 Å². The number of fused-ring (bicyclic) bond motifs is 1. The minimum atomic E-state index is 0.255. The number of benzene rings is 1. The molecule has 4 heteroatoms. The molecule has 0 amide bonds. The third-order valence-corrected chi connectivity index (χ3v) is 2.36. The monoisotopic (exact) mass is 208 g/mol. The number of epoxide rings is 1. The van der Waals surface area contributed by atoms with Gasteiger partial charge in [-0.2, -0.15) is 0 Å². The Morgan fingerprint density at radius 3 is 3.00 bits per heavy atom. The number of rotatable bonds is 3. The van der Waals surface area contributed by atoms with Crippen molar-refractivity contribution < 1.29 is 18.9 Å². The summed E-state index contributed by atoms with van der Waals surface area (Å²) in [6.45, 7) is 2.56. The van der Waals surface area contributed by atoms with E-state index >= 15 is 0 Å². The lowest BCUT2D eigenvalue weighted by Gasteiger charge is -2.20. The third-order valence-electron chi connectivity index (χ3n) is 2.36. The van der Waals surface area contributed by atoms with Crippen LogP contribution in [0.5, 0.6) is 17.2 Å². The van der Waals surface area contributed by atoms with Gasteiger partial charge >= 0.3 is 0 Å². The summed E-state index contributed by atoms with van der Waals surface area (Å²) in [5.41, 5.74) is 0. The smallest absolute Gasteiger partial charge is 0.203 e. The van der Waals surface area contributed by atoms with Gasteiger partial charge in [0.1, 0.15) is 25.9 Å². The van der Waals surface area contributed by atoms with Crippen molar-refractivity contribution in [3.05, 3.63) is 18.2 Å². The van der Waals surface area contributed by atoms with Gasteiger partial charge in [0, 0.05) is 0 Å². The van der Waals surface area contributed by atoms with Crippen LogP contribution in [0.1, 0.15) is 0 Å². The molecule has 1 aromatic carbocycles. The molecule has 1 fully saturated rings. The van der Waals surface area contributed by atoms with Crippen molar-refractivity contribution in [1.82, 2.24) is 0 Å². The number of para-hydroxylation sites is 1. The van der Waals surface area contributed by atoms with E-state index in [1.54, 1.807) is 0 Å². The normalized spacial score (nSPS) is 22.3. The lowest BCUT2D eigenvalue weighted by molar-refractivity contribution is 0.160. The summed E-state index contributed by atoms with van der Waals surface area (Å²) in [6, 6.07) is 5.67. The van der Waals surface area contributed by atoms with Gasteiger partial charge in [0.15, 0.2) is 11.5 Å². The topological polar surface area (TPSA) is 40.2 Å². The van der Waals surface area contributed by atoms with Crippen molar-refractivity contribution in [2.24, 2.45) is 0 Å². The lowest BCUT2D eigenvalue weighted by atomic mass is 10.3. The van der Waals surface area contributed by atoms with Crippen LogP contribution in [-0.2, 0) is 4.74 Å². The van der Waals surface area contributed by atoms with Crippen LogP contribution in [0.15, 0.2) is 18.2 Å². The number of hydrogen-bond acceptors (Lipinski definition) is 4. The second kappa shape index (κ2) is 3.62. The summed E-state index contributed by atoms with van der Waals surface area (Å²) in [5.74, 6) is 2.21. The Kier molecular flexibility index (Phi) is 2.14. The highest BCUT2D eigenvalue weighted by molar-refractivity contribution is 5.51. The Morgan fingerprint density at radius 2 is 2.13 bits per heavy atom. The maximum atomic E-state index is 5.60. The van der Waals surface area contributed by atoms with Crippen molar-refractivity contribution in [2.75, 3.05) is 26.4 Å². The van der Waals surface area contributed by atoms with Crippen LogP contribution < -0.4 is 14.2 Å². The Hall–Kier alpha value is -1.42. The first-order valence-electron chi connectivity index (χ1n) is 5.06. The molecule has 2 aliphatic heterocycles. The molecular weight excluding hydrogens is 196 g/mol. The average molecular weight is 208 g/mol. The third kappa shape index (κ3) is 1.85. The molecule has 4 nitrogen and oxygen atoms in total. The summed E-state index contributed by atoms with van der Waals surface area (Å²) in [5, 5.41) is 0. The fourth-order valence-electron chi connectivity index (χ4n) is 1.51. The van der Waals surface area contributed by atoms with E-state index < -0.39 is 0 Å². The fraction of sp³-hybridized carbons (Fsp3) is 0.455. The molecule has 0 saturated carbocycles. The van der Waals surface area contributed by atoms with Crippen molar-refractivity contribution in [3.63, 3.8) is 0 Å². The SMILES string of the molecule is c1cc2c(c(OCC3CO3)c1)OCCO2. The van der Waals surface area contributed by atoms with Crippen molar-refractivity contribution >= 4 is 0 Å². The van der Waals surface area contributed by atoms with E-state index in [1.165, 1.54) is 0 Å². The molecule has 1 saturated heterocycles. The molecule has 0 radical (unpaired) electrons. The van der Waals surface area contributed by atoms with Crippen LogP contribution in [0.3, 0.4) is 0 Å². The maximum Gasteiger partial charge on any atom is 0.203 e. The summed E-state index contributed by atoms with van der Waals surface area (Å²) in [7, 11) is 0. The summed E-state index contributed by atoms with van der Waals surface area (Å²) >= 11 is 0. The zero-order valence-corrected chi connectivity index (χ0v) is 8.27. The van der Waals surface area contributed by atoms with Crippen LogP contribution in [0, 0.1) is 0 Å². The zero-order chi connectivity index (χ0) is 10.1. The Labute approximate surface area is 87.7 Å². The van der Waals surface area contributed by atoms with E-state index in [1.807, 2.05) is 18.2 Å². The molecule has 80 valence electrons. The molecule has 1 unspecified atom stereocenters. The summed E-state index contributed by atoms with van der Waals surface area (Å²) in [6.07, 6.45) is 0.255. The van der Waals surface area contributed by atoms with Gasteiger partial charge in [-0.3, -0.25) is 0 Å². The molecule has 2 aliphatic rings. The molecule has 1 atom stereocenters.